The lowest BCUT2D eigenvalue weighted by molar-refractivity contribution is -0.705. The van der Waals surface area contributed by atoms with Gasteiger partial charge in [-0.2, -0.15) is 0 Å². The van der Waals surface area contributed by atoms with Gasteiger partial charge in [0.1, 0.15) is 11.5 Å². The Kier molecular flexibility index (Phi) is 6.05. The van der Waals surface area contributed by atoms with Crippen molar-refractivity contribution in [3.05, 3.63) is 48.0 Å². The molecule has 8 nitrogen and oxygen atoms in total. The molecule has 28 heavy (non-hydrogen) atoms. The van der Waals surface area contributed by atoms with Crippen LogP contribution in [0.5, 0.6) is 17.4 Å². The van der Waals surface area contributed by atoms with Crippen LogP contribution in [0.2, 0.25) is 0 Å². The maximum Gasteiger partial charge on any atom is 0.298 e. The van der Waals surface area contributed by atoms with Gasteiger partial charge >= 0.3 is 0 Å². The molecule has 3 rings (SSSR count). The Labute approximate surface area is 166 Å². The number of hydrogen-bond acceptors (Lipinski definition) is 7. The van der Waals surface area contributed by atoms with Gasteiger partial charge in [0, 0.05) is 18.2 Å². The van der Waals surface area contributed by atoms with Crippen molar-refractivity contribution in [1.82, 2.24) is 5.27 Å². The number of amides is 1. The zero-order valence-electron chi connectivity index (χ0n) is 15.6. The molecule has 1 heterocycles. The van der Waals surface area contributed by atoms with Gasteiger partial charge in [0.2, 0.25) is 11.6 Å². The van der Waals surface area contributed by atoms with Gasteiger partial charge in [-0.05, 0) is 35.5 Å². The minimum atomic E-state index is -0.600. The number of rotatable bonds is 7. The summed E-state index contributed by atoms with van der Waals surface area (Å²) < 4.78 is 16.6. The first kappa shape index (κ1) is 19.6. The number of benzene rings is 2. The first-order chi connectivity index (χ1) is 13.5. The van der Waals surface area contributed by atoms with E-state index < -0.39 is 5.95 Å². The van der Waals surface area contributed by atoms with Gasteiger partial charge in [0.15, 0.2) is 5.95 Å². The number of methoxy groups -OCH3 is 2. The zero-order valence-corrected chi connectivity index (χ0v) is 16.4. The molecule has 0 radical (unpaired) electrons. The first-order valence-corrected chi connectivity index (χ1v) is 9.31. The van der Waals surface area contributed by atoms with Gasteiger partial charge in [-0.25, -0.2) is 0 Å². The topological polar surface area (TPSA) is 101 Å². The van der Waals surface area contributed by atoms with Crippen LogP contribution in [0, 0.1) is 6.92 Å². The van der Waals surface area contributed by atoms with Crippen LogP contribution in [0.4, 0.5) is 5.69 Å². The lowest BCUT2D eigenvalue weighted by atomic mass is 10.2. The molecule has 0 spiro atoms. The highest BCUT2D eigenvalue weighted by molar-refractivity contribution is 7.99. The maximum atomic E-state index is 12.4. The number of hydrogen-bond donors (Lipinski definition) is 1. The number of anilines is 1. The summed E-state index contributed by atoms with van der Waals surface area (Å²) in [7, 11) is 3.05. The van der Waals surface area contributed by atoms with Crippen LogP contribution in [-0.2, 0) is 4.79 Å². The Balaban J connectivity index is 1.72. The van der Waals surface area contributed by atoms with E-state index >= 15 is 0 Å². The second kappa shape index (κ2) is 8.66. The highest BCUT2D eigenvalue weighted by Crippen LogP contribution is 2.29. The molecule has 0 unspecified atom stereocenters. The predicted molar refractivity (Wildman–Crippen MR) is 101 cm³/mol. The Bertz CT molecular complexity index is 972. The van der Waals surface area contributed by atoms with Crippen LogP contribution < -0.4 is 24.6 Å². The molecule has 3 aromatic rings. The second-order valence-corrected chi connectivity index (χ2v) is 6.78. The molecule has 2 aromatic carbocycles. The van der Waals surface area contributed by atoms with E-state index in [-0.39, 0.29) is 16.7 Å². The fourth-order valence-electron chi connectivity index (χ4n) is 2.44. The standard InChI is InChI=1S/C19H19N3O5S/c1-12-4-6-13(7-5-12)22-18(19(24)27-21-22)28-11-17(23)20-15-10-14(25-2)8-9-16(15)26-3/h4-10H,11H2,1-3H3,(H-,20,21,23,24). The van der Waals surface area contributed by atoms with E-state index in [9.17, 15) is 9.90 Å². The van der Waals surface area contributed by atoms with E-state index in [1.807, 2.05) is 31.2 Å². The fraction of sp³-hybridized carbons (Fsp3) is 0.211. The number of ether oxygens (including phenoxy) is 2. The van der Waals surface area contributed by atoms with Gasteiger partial charge in [0.25, 0.3) is 5.03 Å². The van der Waals surface area contributed by atoms with E-state index in [1.165, 1.54) is 18.9 Å². The van der Waals surface area contributed by atoms with Gasteiger partial charge in [-0.3, -0.25) is 4.79 Å². The molecule has 1 N–H and O–H groups in total. The molecule has 0 aliphatic rings. The summed E-state index contributed by atoms with van der Waals surface area (Å²) in [6.07, 6.45) is 0. The Morgan fingerprint density at radius 2 is 1.96 bits per heavy atom. The van der Waals surface area contributed by atoms with Crippen molar-refractivity contribution in [2.75, 3.05) is 25.3 Å². The first-order valence-electron chi connectivity index (χ1n) is 8.32. The summed E-state index contributed by atoms with van der Waals surface area (Å²) in [5.41, 5.74) is 2.23. The molecule has 0 saturated carbocycles. The van der Waals surface area contributed by atoms with Crippen molar-refractivity contribution in [1.29, 1.82) is 0 Å². The Morgan fingerprint density at radius 1 is 1.21 bits per heavy atom. The van der Waals surface area contributed by atoms with Crippen LogP contribution in [0.25, 0.3) is 5.69 Å². The van der Waals surface area contributed by atoms with Gasteiger partial charge in [0.05, 0.1) is 30.9 Å². The predicted octanol–water partition coefficient (Wildman–Crippen LogP) is 2.08. The Morgan fingerprint density at radius 3 is 2.64 bits per heavy atom. The number of nitrogens with one attached hydrogen (secondary N) is 1. The molecule has 146 valence electrons. The smallest absolute Gasteiger partial charge is 0.298 e. The van der Waals surface area contributed by atoms with Crippen LogP contribution in [0.15, 0.2) is 52.0 Å². The van der Waals surface area contributed by atoms with Crippen LogP contribution in [0.1, 0.15) is 5.56 Å². The number of nitrogens with zero attached hydrogens (tertiary/aromatic N) is 2. The number of carbonyl (C=O) groups is 1. The quantitative estimate of drug-likeness (QED) is 0.478. The molecule has 9 heteroatoms. The van der Waals surface area contributed by atoms with Crippen LogP contribution in [-0.4, -0.2) is 31.2 Å². The van der Waals surface area contributed by atoms with Crippen molar-refractivity contribution >= 4 is 23.4 Å². The van der Waals surface area contributed by atoms with Crippen LogP contribution >= 0.6 is 11.8 Å². The number of thioether (sulfide) groups is 1. The molecule has 0 aliphatic heterocycles. The second-order valence-electron chi connectivity index (χ2n) is 5.82. The molecule has 0 fully saturated rings. The van der Waals surface area contributed by atoms with Crippen molar-refractivity contribution in [3.63, 3.8) is 0 Å². The third-order valence-corrected chi connectivity index (χ3v) is 4.89. The monoisotopic (exact) mass is 401 g/mol. The largest absolute Gasteiger partial charge is 0.538 e. The van der Waals surface area contributed by atoms with Crippen molar-refractivity contribution in [2.24, 2.45) is 0 Å². The van der Waals surface area contributed by atoms with Crippen LogP contribution in [0.3, 0.4) is 0 Å². The highest BCUT2D eigenvalue weighted by atomic mass is 32.2. The van der Waals surface area contributed by atoms with E-state index in [4.69, 9.17) is 14.0 Å². The third kappa shape index (κ3) is 4.37. The molecule has 0 saturated heterocycles. The van der Waals surface area contributed by atoms with Gasteiger partial charge < -0.3 is 24.4 Å². The van der Waals surface area contributed by atoms with E-state index in [2.05, 4.69) is 10.6 Å². The third-order valence-electron chi connectivity index (χ3n) is 3.87. The molecule has 1 aromatic heterocycles. The number of aromatic nitrogens is 2. The van der Waals surface area contributed by atoms with Crippen molar-refractivity contribution in [3.8, 4) is 23.1 Å². The summed E-state index contributed by atoms with van der Waals surface area (Å²) in [5.74, 6) is 0.165. The highest BCUT2D eigenvalue weighted by Gasteiger charge is 2.22. The normalized spacial score (nSPS) is 10.5. The maximum absolute atomic E-state index is 12.4. The molecular weight excluding hydrogens is 382 g/mol. The SMILES string of the molecule is COc1ccc(OC)c(NC(=O)CSc2c([O-])on[n+]2-c2ccc(C)cc2)c1. The van der Waals surface area contributed by atoms with Crippen molar-refractivity contribution < 1.29 is 28.6 Å². The average Bonchev–Trinajstić information content (AvgIpc) is 3.07. The van der Waals surface area contributed by atoms with Crippen molar-refractivity contribution in [2.45, 2.75) is 11.9 Å². The molecular formula is C19H19N3O5S. The van der Waals surface area contributed by atoms with E-state index in [0.717, 1.165) is 17.3 Å². The minimum Gasteiger partial charge on any atom is -0.538 e. The summed E-state index contributed by atoms with van der Waals surface area (Å²) in [5, 5.41) is 18.7. The summed E-state index contributed by atoms with van der Waals surface area (Å²) >= 11 is 1.04. The molecule has 0 aliphatic carbocycles. The van der Waals surface area contributed by atoms with E-state index in [1.54, 1.807) is 18.2 Å². The zero-order chi connectivity index (χ0) is 20.1. The lowest BCUT2D eigenvalue weighted by Crippen LogP contribution is -2.35. The number of aryl methyl sites for hydroxylation is 1. The average molecular weight is 401 g/mol. The molecule has 1 amide bonds. The summed E-state index contributed by atoms with van der Waals surface area (Å²) in [6.45, 7) is 1.96. The lowest BCUT2D eigenvalue weighted by Gasteiger charge is -2.11. The molecule has 0 atom stereocenters. The minimum absolute atomic E-state index is 0.0112. The summed E-state index contributed by atoms with van der Waals surface area (Å²) in [4.78, 5) is 12.4. The van der Waals surface area contributed by atoms with Gasteiger partial charge in [-0.15, -0.1) is 0 Å². The van der Waals surface area contributed by atoms with E-state index in [0.29, 0.717) is 22.9 Å². The fourth-order valence-corrected chi connectivity index (χ4v) is 3.20. The number of carbonyl (C=O) groups excluding carboxylic acids is 1. The summed E-state index contributed by atoms with van der Waals surface area (Å²) in [6, 6.07) is 12.5. The molecule has 0 bridgehead atoms. The Hall–Kier alpha value is -3.20. The van der Waals surface area contributed by atoms with Gasteiger partial charge in [-0.1, -0.05) is 17.7 Å².